The molecule has 2 saturated heterocycles. The number of rotatable bonds is 12. The number of ether oxygens (including phenoxy) is 2. The number of nitrogens with zero attached hydrogens (tertiary/aromatic N) is 2. The van der Waals surface area contributed by atoms with Gasteiger partial charge in [0.15, 0.2) is 0 Å². The van der Waals surface area contributed by atoms with Gasteiger partial charge in [0.1, 0.15) is 24.2 Å². The van der Waals surface area contributed by atoms with Crippen LogP contribution in [0.3, 0.4) is 0 Å². The fraction of sp³-hybridized carbons (Fsp3) is 0.500. The molecule has 2 bridgehead atoms. The molecule has 3 fully saturated rings. The normalized spacial score (nSPS) is 21.2. The molecule has 3 aromatic carbocycles. The molecule has 14 heteroatoms. The van der Waals surface area contributed by atoms with Gasteiger partial charge in [-0.2, -0.15) is 0 Å². The summed E-state index contributed by atoms with van der Waals surface area (Å²) in [5.41, 5.74) is 8.62. The maximum atomic E-state index is 13.6. The Morgan fingerprint density at radius 3 is 1.21 bits per heavy atom. The quantitative estimate of drug-likeness (QED) is 0.146. The predicted octanol–water partition coefficient (Wildman–Crippen LogP) is 7.40. The summed E-state index contributed by atoms with van der Waals surface area (Å²) < 4.78 is 9.47. The minimum Gasteiger partial charge on any atom is -0.453 e. The Morgan fingerprint density at radius 1 is 0.532 bits per heavy atom. The van der Waals surface area contributed by atoms with Crippen LogP contribution in [-0.4, -0.2) is 97.1 Å². The molecule has 1 saturated carbocycles. The molecule has 14 nitrogen and oxygen atoms in total. The van der Waals surface area contributed by atoms with E-state index in [4.69, 9.17) is 9.47 Å². The third kappa shape index (κ3) is 9.14. The van der Waals surface area contributed by atoms with Crippen LogP contribution in [0.1, 0.15) is 102 Å². The first-order valence-electron chi connectivity index (χ1n) is 22.1. The van der Waals surface area contributed by atoms with Crippen molar-refractivity contribution in [3.63, 3.8) is 0 Å². The number of likely N-dealkylation sites (tertiary alicyclic amines) is 2. The number of carbonyl (C=O) groups is 6. The van der Waals surface area contributed by atoms with Crippen LogP contribution in [0.4, 0.5) is 21.0 Å². The molecule has 2 heterocycles. The van der Waals surface area contributed by atoms with Crippen molar-refractivity contribution < 1.29 is 38.2 Å². The van der Waals surface area contributed by atoms with Gasteiger partial charge in [0, 0.05) is 24.5 Å². The molecule has 4 N–H and O–H groups in total. The highest BCUT2D eigenvalue weighted by molar-refractivity contribution is 6.00. The Kier molecular flexibility index (Phi) is 13.5. The third-order valence-corrected chi connectivity index (χ3v) is 13.2. The van der Waals surface area contributed by atoms with Gasteiger partial charge in [-0.25, -0.2) is 9.59 Å². The molecule has 6 amide bonds. The largest absolute Gasteiger partial charge is 0.453 e. The predicted molar refractivity (Wildman–Crippen MR) is 236 cm³/mol. The van der Waals surface area contributed by atoms with Gasteiger partial charge >= 0.3 is 12.2 Å². The zero-order chi connectivity index (χ0) is 44.2. The van der Waals surface area contributed by atoms with Crippen LogP contribution in [0.15, 0.2) is 60.7 Å². The number of nitrogens with one attached hydrogen (secondary N) is 4. The second-order valence-electron chi connectivity index (χ2n) is 17.8. The van der Waals surface area contributed by atoms with E-state index >= 15 is 0 Å². The number of amides is 6. The van der Waals surface area contributed by atoms with Crippen molar-refractivity contribution in [3.8, 4) is 22.3 Å². The molecule has 5 aliphatic rings. The van der Waals surface area contributed by atoms with Crippen LogP contribution < -0.4 is 21.3 Å². The van der Waals surface area contributed by atoms with E-state index in [-0.39, 0.29) is 35.5 Å². The smallest absolute Gasteiger partial charge is 0.407 e. The van der Waals surface area contributed by atoms with Crippen LogP contribution in [0.5, 0.6) is 0 Å². The maximum absolute atomic E-state index is 13.6. The SMILES string of the molecule is COC(=O)N[C@H](C(=O)N1CCC[C@H]1C(=O)Nc1ccc(-c2ccc(-c3ccc(NC(=O)[C@@H]4CCCN4C(=O)[C@@H](NC(=O)OC)C(C)C)cc3)c3c2C2CCC3CC2)cc1)C(C)C. The summed E-state index contributed by atoms with van der Waals surface area (Å²) in [6.07, 6.45) is 5.68. The fourth-order valence-corrected chi connectivity index (χ4v) is 9.97. The number of methoxy groups -OCH3 is 2. The molecule has 62 heavy (non-hydrogen) atoms. The molecule has 8 rings (SSSR count). The van der Waals surface area contributed by atoms with Gasteiger partial charge in [0.2, 0.25) is 23.6 Å². The summed E-state index contributed by atoms with van der Waals surface area (Å²) in [4.78, 5) is 81.3. The van der Waals surface area contributed by atoms with Gasteiger partial charge in [0.25, 0.3) is 0 Å². The lowest BCUT2D eigenvalue weighted by atomic mass is 9.63. The number of fused-ring (bicyclic) bond motifs is 2. The number of hydrogen-bond acceptors (Lipinski definition) is 8. The summed E-state index contributed by atoms with van der Waals surface area (Å²) in [7, 11) is 2.51. The van der Waals surface area contributed by atoms with Crippen LogP contribution in [-0.2, 0) is 28.7 Å². The number of carbonyl (C=O) groups excluding carboxylic acids is 6. The van der Waals surface area contributed by atoms with E-state index in [0.29, 0.717) is 62.0 Å². The van der Waals surface area contributed by atoms with Gasteiger partial charge in [-0.3, -0.25) is 19.2 Å². The first kappa shape index (κ1) is 44.1. The summed E-state index contributed by atoms with van der Waals surface area (Å²) in [6.45, 7) is 8.26. The van der Waals surface area contributed by atoms with Crippen LogP contribution in [0.25, 0.3) is 22.3 Å². The second-order valence-corrected chi connectivity index (χ2v) is 17.8. The summed E-state index contributed by atoms with van der Waals surface area (Å²) in [5.74, 6) is -0.573. The molecule has 2 aliphatic heterocycles. The van der Waals surface area contributed by atoms with Gasteiger partial charge in [-0.15, -0.1) is 0 Å². The molecular formula is C48H60N6O8. The highest BCUT2D eigenvalue weighted by atomic mass is 16.5. The average molecular weight is 849 g/mol. The molecule has 0 aromatic heterocycles. The van der Waals surface area contributed by atoms with Gasteiger partial charge in [-0.1, -0.05) is 64.1 Å². The van der Waals surface area contributed by atoms with Crippen molar-refractivity contribution in [2.75, 3.05) is 37.9 Å². The summed E-state index contributed by atoms with van der Waals surface area (Å²) in [6, 6.07) is 17.4. The highest BCUT2D eigenvalue weighted by Gasteiger charge is 2.41. The van der Waals surface area contributed by atoms with E-state index in [1.807, 2.05) is 52.0 Å². The van der Waals surface area contributed by atoms with Gasteiger partial charge < -0.3 is 40.5 Å². The minimum atomic E-state index is -0.800. The molecule has 0 radical (unpaired) electrons. The van der Waals surface area contributed by atoms with E-state index in [1.54, 1.807) is 9.80 Å². The van der Waals surface area contributed by atoms with Crippen LogP contribution in [0, 0.1) is 11.8 Å². The molecule has 3 aliphatic carbocycles. The zero-order valence-electron chi connectivity index (χ0n) is 36.6. The number of alkyl carbamates (subject to hydrolysis) is 2. The molecule has 4 atom stereocenters. The summed E-state index contributed by atoms with van der Waals surface area (Å²) in [5, 5.41) is 11.3. The Labute approximate surface area is 363 Å². The number of anilines is 2. The Hall–Kier alpha value is -5.92. The van der Waals surface area contributed by atoms with Gasteiger partial charge in [0.05, 0.1) is 14.2 Å². The standard InChI is InChI=1S/C48H60N6O8/c1-27(2)41(51-47(59)61-5)45(57)53-25-7-9-37(53)43(55)49-33-19-15-29(16-20-33)35-23-24-36(40-32-13-11-31(12-14-32)39(35)40)30-17-21-34(22-18-30)50-44(56)38-10-8-26-54(38)46(58)42(28(3)4)52-48(60)62-6/h15-24,27-28,31-32,37-38,41-42H,7-14,25-26H2,1-6H3,(H,49,55)(H,50,56)(H,51,59)(H,52,60)/t31?,32?,37-,38-,41-,42-/m0/s1. The summed E-state index contributed by atoms with van der Waals surface area (Å²) >= 11 is 0. The molecule has 0 spiro atoms. The Balaban J connectivity index is 1.05. The molecule has 330 valence electrons. The van der Waals surface area contributed by atoms with Crippen LogP contribution >= 0.6 is 0 Å². The van der Waals surface area contributed by atoms with E-state index in [9.17, 15) is 28.8 Å². The highest BCUT2D eigenvalue weighted by Crippen LogP contribution is 2.55. The number of benzene rings is 3. The second kappa shape index (κ2) is 19.0. The van der Waals surface area contributed by atoms with Crippen molar-refractivity contribution in [3.05, 3.63) is 71.8 Å². The first-order valence-corrected chi connectivity index (χ1v) is 22.1. The first-order chi connectivity index (χ1) is 29.8. The number of hydrogen-bond donors (Lipinski definition) is 4. The minimum absolute atomic E-state index is 0.188. The third-order valence-electron chi connectivity index (χ3n) is 13.2. The van der Waals surface area contributed by atoms with Crippen molar-refractivity contribution in [1.82, 2.24) is 20.4 Å². The molecule has 3 aromatic rings. The van der Waals surface area contributed by atoms with Gasteiger partial charge in [-0.05, 0) is 133 Å². The van der Waals surface area contributed by atoms with E-state index in [2.05, 4.69) is 57.7 Å². The topological polar surface area (TPSA) is 175 Å². The van der Waals surface area contributed by atoms with Crippen LogP contribution in [0.2, 0.25) is 0 Å². The van der Waals surface area contributed by atoms with E-state index < -0.39 is 36.4 Å². The fourth-order valence-electron chi connectivity index (χ4n) is 9.97. The van der Waals surface area contributed by atoms with E-state index in [0.717, 1.165) is 36.8 Å². The van der Waals surface area contributed by atoms with E-state index in [1.165, 1.54) is 36.5 Å². The van der Waals surface area contributed by atoms with Crippen molar-refractivity contribution in [2.45, 2.75) is 115 Å². The Morgan fingerprint density at radius 2 is 0.887 bits per heavy atom. The maximum Gasteiger partial charge on any atom is 0.407 e. The van der Waals surface area contributed by atoms with Crippen molar-refractivity contribution in [2.24, 2.45) is 11.8 Å². The molecular weight excluding hydrogens is 789 g/mol. The molecule has 0 unspecified atom stereocenters. The average Bonchev–Trinajstić information content (AvgIpc) is 3.99. The monoisotopic (exact) mass is 848 g/mol. The zero-order valence-corrected chi connectivity index (χ0v) is 36.6. The lowest BCUT2D eigenvalue weighted by molar-refractivity contribution is -0.139. The van der Waals surface area contributed by atoms with Crippen molar-refractivity contribution in [1.29, 1.82) is 0 Å². The lowest BCUT2D eigenvalue weighted by Gasteiger charge is -2.41. The van der Waals surface area contributed by atoms with Crippen molar-refractivity contribution >= 4 is 47.2 Å². The Bertz CT molecular complexity index is 2010. The lowest BCUT2D eigenvalue weighted by Crippen LogP contribution is -2.54.